The third-order valence-corrected chi connectivity index (χ3v) is 1.16. The van der Waals surface area contributed by atoms with Gasteiger partial charge < -0.3 is 0 Å². The molecule has 0 saturated heterocycles. The summed E-state index contributed by atoms with van der Waals surface area (Å²) in [7, 11) is 0. The Hall–Kier alpha value is -1.25. The molecule has 64 valence electrons. The first-order valence-corrected chi connectivity index (χ1v) is 3.75. The summed E-state index contributed by atoms with van der Waals surface area (Å²) < 4.78 is 12.8. The van der Waals surface area contributed by atoms with Gasteiger partial charge >= 0.3 is 0 Å². The molecule has 3 heteroatoms. The Kier molecular flexibility index (Phi) is 2.53. The molecule has 1 aromatic carbocycles. The Morgan fingerprint density at radius 3 is 2.25 bits per heavy atom. The van der Waals surface area contributed by atoms with Gasteiger partial charge in [-0.05, 0) is 26.0 Å². The second-order valence-electron chi connectivity index (χ2n) is 2.95. The zero-order valence-electron chi connectivity index (χ0n) is 7.16. The Balaban J connectivity index is 2.71. The minimum atomic E-state index is -1.59. The smallest absolute Gasteiger partial charge is 0.214 e. The molecule has 12 heavy (non-hydrogen) atoms. The summed E-state index contributed by atoms with van der Waals surface area (Å²) in [6.07, 6.45) is 0. The van der Waals surface area contributed by atoms with E-state index in [0.717, 1.165) is 0 Å². The number of nitrogens with zero attached hydrogens (tertiary/aromatic N) is 2. The fourth-order valence-corrected chi connectivity index (χ4v) is 0.671. The van der Waals surface area contributed by atoms with E-state index in [9.17, 15) is 4.39 Å². The highest BCUT2D eigenvalue weighted by Crippen LogP contribution is 2.16. The van der Waals surface area contributed by atoms with Crippen LogP contribution >= 0.6 is 0 Å². The molecule has 0 aliphatic heterocycles. The first-order valence-electron chi connectivity index (χ1n) is 3.75. The van der Waals surface area contributed by atoms with Crippen molar-refractivity contribution in [3.8, 4) is 0 Å². The molecule has 0 N–H and O–H groups in total. The lowest BCUT2D eigenvalue weighted by Gasteiger charge is -2.03. The van der Waals surface area contributed by atoms with Crippen molar-refractivity contribution in [3.05, 3.63) is 30.3 Å². The second kappa shape index (κ2) is 3.43. The number of alkyl halides is 1. The molecule has 0 unspecified atom stereocenters. The van der Waals surface area contributed by atoms with Crippen LogP contribution in [0.2, 0.25) is 0 Å². The van der Waals surface area contributed by atoms with E-state index in [0.29, 0.717) is 5.69 Å². The number of rotatable bonds is 2. The molecule has 0 spiro atoms. The highest BCUT2D eigenvalue weighted by molar-refractivity contribution is 5.34. The van der Waals surface area contributed by atoms with Crippen LogP contribution in [0.15, 0.2) is 40.6 Å². The molecule has 0 aliphatic carbocycles. The standard InChI is InChI=1S/C9H11FN2/c1-9(2,10)12-11-8-6-4-3-5-7-8/h3-7H,1-2H3. The van der Waals surface area contributed by atoms with Crippen molar-refractivity contribution in [2.45, 2.75) is 19.6 Å². The van der Waals surface area contributed by atoms with Gasteiger partial charge in [0.05, 0.1) is 5.69 Å². The van der Waals surface area contributed by atoms with E-state index in [1.54, 1.807) is 12.1 Å². The lowest BCUT2D eigenvalue weighted by atomic mass is 10.3. The molecule has 0 fully saturated rings. The van der Waals surface area contributed by atoms with Gasteiger partial charge in [-0.25, -0.2) is 4.39 Å². The third kappa shape index (κ3) is 3.23. The summed E-state index contributed by atoms with van der Waals surface area (Å²) in [4.78, 5) is 0. The van der Waals surface area contributed by atoms with Gasteiger partial charge in [0.15, 0.2) is 0 Å². The maximum Gasteiger partial charge on any atom is 0.214 e. The maximum absolute atomic E-state index is 12.8. The molecule has 0 bridgehead atoms. The molecule has 0 heterocycles. The van der Waals surface area contributed by atoms with Crippen LogP contribution in [-0.4, -0.2) is 5.79 Å². The van der Waals surface area contributed by atoms with E-state index >= 15 is 0 Å². The first kappa shape index (κ1) is 8.84. The Labute approximate surface area is 71.1 Å². The summed E-state index contributed by atoms with van der Waals surface area (Å²) in [5, 5.41) is 7.21. The van der Waals surface area contributed by atoms with E-state index in [2.05, 4.69) is 10.2 Å². The normalized spacial score (nSPS) is 12.2. The van der Waals surface area contributed by atoms with Gasteiger partial charge in [-0.2, -0.15) is 5.11 Å². The highest BCUT2D eigenvalue weighted by atomic mass is 19.1. The molecular formula is C9H11FN2. The third-order valence-electron chi connectivity index (χ3n) is 1.16. The Bertz CT molecular complexity index is 262. The van der Waals surface area contributed by atoms with Crippen LogP contribution in [0, 0.1) is 0 Å². The molecule has 0 aromatic heterocycles. The van der Waals surface area contributed by atoms with Crippen molar-refractivity contribution in [2.24, 2.45) is 10.2 Å². The van der Waals surface area contributed by atoms with Crippen molar-refractivity contribution < 1.29 is 4.39 Å². The zero-order chi connectivity index (χ0) is 9.03. The first-order chi connectivity index (χ1) is 5.58. The fourth-order valence-electron chi connectivity index (χ4n) is 0.671. The minimum absolute atomic E-state index is 0.670. The van der Waals surface area contributed by atoms with Crippen LogP contribution in [0.25, 0.3) is 0 Å². The van der Waals surface area contributed by atoms with Crippen molar-refractivity contribution in [2.75, 3.05) is 0 Å². The van der Waals surface area contributed by atoms with Gasteiger partial charge in [-0.15, -0.1) is 5.11 Å². The SMILES string of the molecule is CC(C)(F)N=Nc1ccccc1. The second-order valence-corrected chi connectivity index (χ2v) is 2.95. The van der Waals surface area contributed by atoms with Crippen LogP contribution < -0.4 is 0 Å². The van der Waals surface area contributed by atoms with Crippen molar-refractivity contribution in [3.63, 3.8) is 0 Å². The van der Waals surface area contributed by atoms with E-state index in [-0.39, 0.29) is 0 Å². The van der Waals surface area contributed by atoms with Crippen molar-refractivity contribution in [1.82, 2.24) is 0 Å². The van der Waals surface area contributed by atoms with Crippen LogP contribution in [0.5, 0.6) is 0 Å². The van der Waals surface area contributed by atoms with Gasteiger partial charge in [-0.1, -0.05) is 18.2 Å². The summed E-state index contributed by atoms with van der Waals surface area (Å²) in [5.41, 5.74) is 0.670. The topological polar surface area (TPSA) is 24.7 Å². The molecule has 0 aliphatic rings. The predicted molar refractivity (Wildman–Crippen MR) is 46.1 cm³/mol. The molecular weight excluding hydrogens is 155 g/mol. The molecule has 0 atom stereocenters. The minimum Gasteiger partial charge on any atom is -0.217 e. The van der Waals surface area contributed by atoms with Gasteiger partial charge in [0.1, 0.15) is 0 Å². The van der Waals surface area contributed by atoms with Crippen LogP contribution in [0.3, 0.4) is 0 Å². The Morgan fingerprint density at radius 1 is 1.17 bits per heavy atom. The van der Waals surface area contributed by atoms with Gasteiger partial charge in [-0.3, -0.25) is 0 Å². The summed E-state index contributed by atoms with van der Waals surface area (Å²) in [6, 6.07) is 9.09. The number of hydrogen-bond acceptors (Lipinski definition) is 2. The summed E-state index contributed by atoms with van der Waals surface area (Å²) >= 11 is 0. The maximum atomic E-state index is 12.8. The Morgan fingerprint density at radius 2 is 1.75 bits per heavy atom. The monoisotopic (exact) mass is 166 g/mol. The van der Waals surface area contributed by atoms with Gasteiger partial charge in [0.25, 0.3) is 0 Å². The molecule has 0 amide bonds. The van der Waals surface area contributed by atoms with E-state index < -0.39 is 5.79 Å². The molecule has 0 radical (unpaired) electrons. The van der Waals surface area contributed by atoms with Crippen molar-refractivity contribution >= 4 is 5.69 Å². The average molecular weight is 166 g/mol. The van der Waals surface area contributed by atoms with Crippen LogP contribution in [0.4, 0.5) is 10.1 Å². The summed E-state index contributed by atoms with van der Waals surface area (Å²) in [5.74, 6) is -1.59. The quantitative estimate of drug-likeness (QED) is 0.474. The fraction of sp³-hybridized carbons (Fsp3) is 0.333. The summed E-state index contributed by atoms with van der Waals surface area (Å²) in [6.45, 7) is 2.72. The van der Waals surface area contributed by atoms with E-state index in [1.165, 1.54) is 13.8 Å². The number of hydrogen-bond donors (Lipinski definition) is 0. The largest absolute Gasteiger partial charge is 0.217 e. The number of benzene rings is 1. The molecule has 1 aromatic rings. The van der Waals surface area contributed by atoms with E-state index in [4.69, 9.17) is 0 Å². The molecule has 2 nitrogen and oxygen atoms in total. The number of azo groups is 1. The van der Waals surface area contributed by atoms with Crippen LogP contribution in [-0.2, 0) is 0 Å². The van der Waals surface area contributed by atoms with Crippen molar-refractivity contribution in [1.29, 1.82) is 0 Å². The van der Waals surface area contributed by atoms with Crippen LogP contribution in [0.1, 0.15) is 13.8 Å². The van der Waals surface area contributed by atoms with Gasteiger partial charge in [0, 0.05) is 0 Å². The number of halogens is 1. The molecule has 1 rings (SSSR count). The zero-order valence-corrected chi connectivity index (χ0v) is 7.16. The lowest BCUT2D eigenvalue weighted by molar-refractivity contribution is 0.220. The highest BCUT2D eigenvalue weighted by Gasteiger charge is 2.11. The lowest BCUT2D eigenvalue weighted by Crippen LogP contribution is -2.04. The predicted octanol–water partition coefficient (Wildman–Crippen LogP) is 3.48. The molecule has 0 saturated carbocycles. The van der Waals surface area contributed by atoms with Gasteiger partial charge in [0.2, 0.25) is 5.79 Å². The van der Waals surface area contributed by atoms with E-state index in [1.807, 2.05) is 18.2 Å². The average Bonchev–Trinajstić information content (AvgIpc) is 2.02.